The Labute approximate surface area is 118 Å². The predicted molar refractivity (Wildman–Crippen MR) is 72.1 cm³/mol. The monoisotopic (exact) mass is 285 g/mol. The van der Waals surface area contributed by atoms with Gasteiger partial charge in [-0.15, -0.1) is 0 Å². The summed E-state index contributed by atoms with van der Waals surface area (Å²) in [6.07, 6.45) is 5.18. The van der Waals surface area contributed by atoms with Crippen LogP contribution in [0.1, 0.15) is 58.3 Å². The van der Waals surface area contributed by atoms with Gasteiger partial charge in [0.05, 0.1) is 6.42 Å². The average Bonchev–Trinajstić information content (AvgIpc) is 2.88. The fourth-order valence-electron chi connectivity index (χ4n) is 2.21. The molecule has 0 aliphatic heterocycles. The van der Waals surface area contributed by atoms with Gasteiger partial charge < -0.3 is 15.2 Å². The summed E-state index contributed by atoms with van der Waals surface area (Å²) in [6.45, 7) is 1.95. The quantitative estimate of drug-likeness (QED) is 0.661. The molecule has 0 heterocycles. The fourth-order valence-corrected chi connectivity index (χ4v) is 2.21. The number of unbranched alkanes of at least 4 members (excludes halogenated alkanes) is 1. The van der Waals surface area contributed by atoms with Crippen LogP contribution in [0.25, 0.3) is 0 Å². The van der Waals surface area contributed by atoms with Gasteiger partial charge in [-0.2, -0.15) is 0 Å². The zero-order chi connectivity index (χ0) is 15.0. The van der Waals surface area contributed by atoms with Gasteiger partial charge in [0.1, 0.15) is 12.1 Å². The van der Waals surface area contributed by atoms with Gasteiger partial charge in [0.2, 0.25) is 5.91 Å². The Morgan fingerprint density at radius 2 is 1.95 bits per heavy atom. The van der Waals surface area contributed by atoms with Gasteiger partial charge in [-0.1, -0.05) is 13.3 Å². The summed E-state index contributed by atoms with van der Waals surface area (Å²) >= 11 is 0. The average molecular weight is 285 g/mol. The molecule has 1 saturated carbocycles. The summed E-state index contributed by atoms with van der Waals surface area (Å²) in [7, 11) is 0. The maximum Gasteiger partial charge on any atom is 0.326 e. The van der Waals surface area contributed by atoms with Crippen molar-refractivity contribution in [3.8, 4) is 0 Å². The van der Waals surface area contributed by atoms with Crippen LogP contribution in [0.4, 0.5) is 0 Å². The Morgan fingerprint density at radius 3 is 2.50 bits per heavy atom. The van der Waals surface area contributed by atoms with E-state index in [0.717, 1.165) is 32.1 Å². The van der Waals surface area contributed by atoms with Gasteiger partial charge in [0.25, 0.3) is 0 Å². The molecule has 1 rings (SSSR count). The Balaban J connectivity index is 2.39. The van der Waals surface area contributed by atoms with Crippen molar-refractivity contribution in [2.24, 2.45) is 0 Å². The van der Waals surface area contributed by atoms with E-state index in [4.69, 9.17) is 9.84 Å². The summed E-state index contributed by atoms with van der Waals surface area (Å²) in [4.78, 5) is 34.2. The number of ether oxygens (including phenoxy) is 1. The molecule has 1 aliphatic rings. The lowest BCUT2D eigenvalue weighted by Crippen LogP contribution is -2.42. The SMILES string of the molecule is CCCCC(=O)N[C@@H](CC(=O)OC1CCCC1)C(=O)O. The van der Waals surface area contributed by atoms with Crippen LogP contribution in [0.2, 0.25) is 0 Å². The molecule has 0 unspecified atom stereocenters. The Morgan fingerprint density at radius 1 is 1.30 bits per heavy atom. The highest BCUT2D eigenvalue weighted by Crippen LogP contribution is 2.21. The number of carbonyl (C=O) groups is 3. The number of amides is 1. The first-order chi connectivity index (χ1) is 9.52. The van der Waals surface area contributed by atoms with E-state index < -0.39 is 18.0 Å². The lowest BCUT2D eigenvalue weighted by Gasteiger charge is -2.16. The van der Waals surface area contributed by atoms with Crippen molar-refractivity contribution >= 4 is 17.8 Å². The number of aliphatic carboxylic acids is 1. The molecule has 0 saturated heterocycles. The number of hydrogen-bond donors (Lipinski definition) is 2. The number of carboxylic acids is 1. The first-order valence-corrected chi connectivity index (χ1v) is 7.24. The second-order valence-corrected chi connectivity index (χ2v) is 5.16. The second-order valence-electron chi connectivity index (χ2n) is 5.16. The zero-order valence-electron chi connectivity index (χ0n) is 11.9. The summed E-state index contributed by atoms with van der Waals surface area (Å²) in [5, 5.41) is 11.4. The van der Waals surface area contributed by atoms with Gasteiger partial charge in [0, 0.05) is 6.42 Å². The molecule has 1 atom stereocenters. The third-order valence-corrected chi connectivity index (χ3v) is 3.36. The van der Waals surface area contributed by atoms with E-state index >= 15 is 0 Å². The second kappa shape index (κ2) is 8.55. The van der Waals surface area contributed by atoms with E-state index in [-0.39, 0.29) is 24.9 Å². The van der Waals surface area contributed by atoms with Crippen molar-refractivity contribution in [2.75, 3.05) is 0 Å². The molecule has 1 fully saturated rings. The predicted octanol–water partition coefficient (Wildman–Crippen LogP) is 1.62. The van der Waals surface area contributed by atoms with E-state index in [9.17, 15) is 14.4 Å². The third kappa shape index (κ3) is 6.04. The van der Waals surface area contributed by atoms with E-state index in [1.54, 1.807) is 0 Å². The largest absolute Gasteiger partial charge is 0.480 e. The molecule has 6 heteroatoms. The summed E-state index contributed by atoms with van der Waals surface area (Å²) in [6, 6.07) is -1.20. The van der Waals surface area contributed by atoms with Crippen molar-refractivity contribution in [3.05, 3.63) is 0 Å². The van der Waals surface area contributed by atoms with Crippen molar-refractivity contribution < 1.29 is 24.2 Å². The molecule has 114 valence electrons. The first kappa shape index (κ1) is 16.5. The van der Waals surface area contributed by atoms with Crippen molar-refractivity contribution in [3.63, 3.8) is 0 Å². The highest BCUT2D eigenvalue weighted by molar-refractivity contribution is 5.87. The zero-order valence-corrected chi connectivity index (χ0v) is 11.9. The molecular formula is C14H23NO5. The smallest absolute Gasteiger partial charge is 0.326 e. The number of nitrogens with one attached hydrogen (secondary N) is 1. The minimum atomic E-state index is -1.21. The summed E-state index contributed by atoms with van der Waals surface area (Å²) in [5.74, 6) is -2.11. The van der Waals surface area contributed by atoms with Crippen LogP contribution in [0.5, 0.6) is 0 Å². The van der Waals surface area contributed by atoms with Gasteiger partial charge in [-0.25, -0.2) is 4.79 Å². The van der Waals surface area contributed by atoms with Gasteiger partial charge >= 0.3 is 11.9 Å². The van der Waals surface area contributed by atoms with Gasteiger partial charge in [0.15, 0.2) is 0 Å². The van der Waals surface area contributed by atoms with E-state index in [1.807, 2.05) is 6.92 Å². The summed E-state index contributed by atoms with van der Waals surface area (Å²) < 4.78 is 5.20. The van der Waals surface area contributed by atoms with Gasteiger partial charge in [-0.3, -0.25) is 9.59 Å². The maximum atomic E-state index is 11.7. The Bertz CT molecular complexity index is 349. The lowest BCUT2D eigenvalue weighted by molar-refractivity contribution is -0.153. The number of esters is 1. The molecule has 2 N–H and O–H groups in total. The van der Waals surface area contributed by atoms with Crippen LogP contribution < -0.4 is 5.32 Å². The van der Waals surface area contributed by atoms with E-state index in [0.29, 0.717) is 6.42 Å². The van der Waals surface area contributed by atoms with Crippen molar-refractivity contribution in [2.45, 2.75) is 70.4 Å². The lowest BCUT2D eigenvalue weighted by atomic mass is 10.2. The highest BCUT2D eigenvalue weighted by Gasteiger charge is 2.26. The molecule has 6 nitrogen and oxygen atoms in total. The Hall–Kier alpha value is -1.59. The molecule has 0 aromatic carbocycles. The summed E-state index contributed by atoms with van der Waals surface area (Å²) in [5.41, 5.74) is 0. The standard InChI is InChI=1S/C14H23NO5/c1-2-3-8-12(16)15-11(14(18)19)9-13(17)20-10-6-4-5-7-10/h10-11H,2-9H2,1H3,(H,15,16)(H,18,19)/t11-/m0/s1. The van der Waals surface area contributed by atoms with Crippen LogP contribution in [0.15, 0.2) is 0 Å². The molecule has 0 aromatic rings. The van der Waals surface area contributed by atoms with E-state index in [1.165, 1.54) is 0 Å². The van der Waals surface area contributed by atoms with Crippen LogP contribution in [-0.2, 0) is 19.1 Å². The first-order valence-electron chi connectivity index (χ1n) is 7.24. The third-order valence-electron chi connectivity index (χ3n) is 3.36. The maximum absolute atomic E-state index is 11.7. The number of hydrogen-bond acceptors (Lipinski definition) is 4. The number of carbonyl (C=O) groups excluding carboxylic acids is 2. The van der Waals surface area contributed by atoms with Crippen molar-refractivity contribution in [1.29, 1.82) is 0 Å². The van der Waals surface area contributed by atoms with Crippen LogP contribution >= 0.6 is 0 Å². The number of rotatable bonds is 8. The molecule has 20 heavy (non-hydrogen) atoms. The molecule has 0 aromatic heterocycles. The molecule has 0 spiro atoms. The minimum absolute atomic E-state index is 0.0901. The van der Waals surface area contributed by atoms with Gasteiger partial charge in [-0.05, 0) is 32.1 Å². The van der Waals surface area contributed by atoms with Crippen LogP contribution in [0.3, 0.4) is 0 Å². The minimum Gasteiger partial charge on any atom is -0.480 e. The Kier molecular flexibility index (Phi) is 7.04. The van der Waals surface area contributed by atoms with E-state index in [2.05, 4.69) is 5.32 Å². The molecular weight excluding hydrogens is 262 g/mol. The fraction of sp³-hybridized carbons (Fsp3) is 0.786. The molecule has 1 amide bonds. The molecule has 0 bridgehead atoms. The van der Waals surface area contributed by atoms with Crippen LogP contribution in [-0.4, -0.2) is 35.1 Å². The number of carboxylic acid groups (broad SMARTS) is 1. The molecule has 0 radical (unpaired) electrons. The highest BCUT2D eigenvalue weighted by atomic mass is 16.5. The topological polar surface area (TPSA) is 92.7 Å². The van der Waals surface area contributed by atoms with Crippen molar-refractivity contribution in [1.82, 2.24) is 5.32 Å². The van der Waals surface area contributed by atoms with Crippen LogP contribution in [0, 0.1) is 0 Å². The normalized spacial score (nSPS) is 16.6. The molecule has 1 aliphatic carbocycles.